The molecule has 0 fully saturated rings. The molecule has 0 bridgehead atoms. The number of fused-ring (bicyclic) bond motifs is 1. The number of aromatic amines is 1. The van der Waals surface area contributed by atoms with Crippen LogP contribution >= 0.6 is 0 Å². The molecule has 1 atom stereocenters. The second-order valence-corrected chi connectivity index (χ2v) is 5.14. The number of aromatic nitrogens is 1. The Hall–Kier alpha value is -2.68. The predicted molar refractivity (Wildman–Crippen MR) is 89.9 cm³/mol. The van der Waals surface area contributed by atoms with Crippen molar-refractivity contribution in [2.45, 2.75) is 5.92 Å². The number of ether oxygens (including phenoxy) is 2. The minimum absolute atomic E-state index is 0.117. The van der Waals surface area contributed by atoms with Gasteiger partial charge in [0.2, 0.25) is 0 Å². The maximum atomic E-state index is 5.34. The van der Waals surface area contributed by atoms with Crippen molar-refractivity contribution >= 4 is 10.9 Å². The monoisotopic (exact) mass is 293 g/mol. The number of nitrogens with one attached hydrogen (secondary N) is 1. The molecule has 1 unspecified atom stereocenters. The first-order valence-electron chi connectivity index (χ1n) is 7.18. The molecule has 0 aliphatic heterocycles. The van der Waals surface area contributed by atoms with Crippen molar-refractivity contribution in [3.8, 4) is 11.5 Å². The van der Waals surface area contributed by atoms with Crippen LogP contribution < -0.4 is 9.47 Å². The van der Waals surface area contributed by atoms with Crippen LogP contribution in [0.15, 0.2) is 61.3 Å². The van der Waals surface area contributed by atoms with Crippen LogP contribution in [0.4, 0.5) is 0 Å². The highest BCUT2D eigenvalue weighted by Gasteiger charge is 2.15. The Bertz CT molecular complexity index is 787. The molecule has 3 nitrogen and oxygen atoms in total. The van der Waals surface area contributed by atoms with E-state index >= 15 is 0 Å². The van der Waals surface area contributed by atoms with Gasteiger partial charge in [-0.3, -0.25) is 0 Å². The number of allylic oxidation sites excluding steroid dienone is 1. The average Bonchev–Trinajstić information content (AvgIpc) is 2.99. The molecular weight excluding hydrogens is 274 g/mol. The van der Waals surface area contributed by atoms with E-state index in [0.717, 1.165) is 22.4 Å². The van der Waals surface area contributed by atoms with Gasteiger partial charge < -0.3 is 14.5 Å². The van der Waals surface area contributed by atoms with E-state index in [2.05, 4.69) is 29.8 Å². The van der Waals surface area contributed by atoms with Crippen LogP contribution in [0.2, 0.25) is 0 Å². The lowest BCUT2D eigenvalue weighted by molar-refractivity contribution is 0.414. The summed E-state index contributed by atoms with van der Waals surface area (Å²) in [5.41, 5.74) is 3.46. The summed E-state index contributed by atoms with van der Waals surface area (Å²) in [6, 6.07) is 14.1. The molecule has 0 spiro atoms. The molecule has 1 aromatic heterocycles. The predicted octanol–water partition coefficient (Wildman–Crippen LogP) is 4.50. The van der Waals surface area contributed by atoms with Crippen molar-refractivity contribution in [2.24, 2.45) is 0 Å². The van der Waals surface area contributed by atoms with Crippen molar-refractivity contribution in [1.82, 2.24) is 4.98 Å². The molecule has 0 radical (unpaired) electrons. The number of hydrogen-bond donors (Lipinski definition) is 1. The van der Waals surface area contributed by atoms with Crippen LogP contribution in [-0.2, 0) is 0 Å². The van der Waals surface area contributed by atoms with E-state index in [4.69, 9.17) is 9.47 Å². The van der Waals surface area contributed by atoms with Crippen LogP contribution in [0, 0.1) is 0 Å². The maximum absolute atomic E-state index is 5.34. The fourth-order valence-corrected chi connectivity index (χ4v) is 2.76. The van der Waals surface area contributed by atoms with E-state index in [1.807, 2.05) is 36.5 Å². The van der Waals surface area contributed by atoms with Gasteiger partial charge in [-0.15, -0.1) is 6.58 Å². The summed E-state index contributed by atoms with van der Waals surface area (Å²) in [7, 11) is 3.36. The molecule has 22 heavy (non-hydrogen) atoms. The Morgan fingerprint density at radius 3 is 2.32 bits per heavy atom. The van der Waals surface area contributed by atoms with Crippen LogP contribution in [-0.4, -0.2) is 19.2 Å². The molecule has 3 rings (SSSR count). The molecule has 1 N–H and O–H groups in total. The van der Waals surface area contributed by atoms with Crippen molar-refractivity contribution in [3.63, 3.8) is 0 Å². The quantitative estimate of drug-likeness (QED) is 0.703. The van der Waals surface area contributed by atoms with Crippen LogP contribution in [0.3, 0.4) is 0 Å². The third kappa shape index (κ3) is 2.46. The summed E-state index contributed by atoms with van der Waals surface area (Å²) in [4.78, 5) is 3.32. The topological polar surface area (TPSA) is 34.2 Å². The first kappa shape index (κ1) is 14.3. The lowest BCUT2D eigenvalue weighted by atomic mass is 9.91. The third-order valence-corrected chi connectivity index (χ3v) is 3.97. The van der Waals surface area contributed by atoms with E-state index in [1.54, 1.807) is 14.2 Å². The fraction of sp³-hybridized carbons (Fsp3) is 0.158. The van der Waals surface area contributed by atoms with Gasteiger partial charge in [0.25, 0.3) is 0 Å². The van der Waals surface area contributed by atoms with Gasteiger partial charge in [0.1, 0.15) is 11.5 Å². The molecular formula is C19H19NO2. The second kappa shape index (κ2) is 5.98. The number of methoxy groups -OCH3 is 2. The summed E-state index contributed by atoms with van der Waals surface area (Å²) in [5.74, 6) is 1.82. The van der Waals surface area contributed by atoms with E-state index in [-0.39, 0.29) is 5.92 Å². The van der Waals surface area contributed by atoms with Gasteiger partial charge in [0.05, 0.1) is 14.2 Å². The summed E-state index contributed by atoms with van der Waals surface area (Å²) in [5, 5.41) is 1.15. The normalized spacial score (nSPS) is 12.1. The fourth-order valence-electron chi connectivity index (χ4n) is 2.76. The van der Waals surface area contributed by atoms with Crippen molar-refractivity contribution in [2.75, 3.05) is 14.2 Å². The standard InChI is InChI=1S/C19H19NO2/c1-4-16(13-5-7-14(21-2)8-6-13)18-12-20-19-10-9-15(22-3)11-17(18)19/h4-12,16,20H,1H2,2-3H3. The van der Waals surface area contributed by atoms with Gasteiger partial charge in [0.15, 0.2) is 0 Å². The van der Waals surface area contributed by atoms with Crippen LogP contribution in [0.25, 0.3) is 10.9 Å². The molecule has 0 aliphatic carbocycles. The summed E-state index contributed by atoms with van der Waals surface area (Å²) in [6.45, 7) is 4.01. The lowest BCUT2D eigenvalue weighted by Gasteiger charge is -2.13. The molecule has 0 aliphatic rings. The van der Waals surface area contributed by atoms with Crippen LogP contribution in [0.5, 0.6) is 11.5 Å². The Morgan fingerprint density at radius 1 is 1.00 bits per heavy atom. The second-order valence-electron chi connectivity index (χ2n) is 5.14. The molecule has 3 aromatic rings. The minimum atomic E-state index is 0.117. The number of rotatable bonds is 5. The Labute approximate surface area is 130 Å². The van der Waals surface area contributed by atoms with Crippen LogP contribution in [0.1, 0.15) is 17.0 Å². The van der Waals surface area contributed by atoms with E-state index in [0.29, 0.717) is 0 Å². The highest BCUT2D eigenvalue weighted by molar-refractivity contribution is 5.86. The van der Waals surface area contributed by atoms with E-state index < -0.39 is 0 Å². The number of H-pyrrole nitrogens is 1. The lowest BCUT2D eigenvalue weighted by Crippen LogP contribution is -1.97. The first-order chi connectivity index (χ1) is 10.8. The Kier molecular flexibility index (Phi) is 3.88. The molecule has 2 aromatic carbocycles. The zero-order valence-corrected chi connectivity index (χ0v) is 12.8. The molecule has 112 valence electrons. The van der Waals surface area contributed by atoms with Gasteiger partial charge >= 0.3 is 0 Å². The molecule has 0 saturated heterocycles. The van der Waals surface area contributed by atoms with Gasteiger partial charge in [0, 0.05) is 23.0 Å². The minimum Gasteiger partial charge on any atom is -0.497 e. The average molecular weight is 293 g/mol. The zero-order chi connectivity index (χ0) is 15.5. The van der Waals surface area contributed by atoms with Gasteiger partial charge in [-0.1, -0.05) is 18.2 Å². The third-order valence-electron chi connectivity index (χ3n) is 3.97. The zero-order valence-electron chi connectivity index (χ0n) is 12.8. The first-order valence-corrected chi connectivity index (χ1v) is 7.18. The summed E-state index contributed by atoms with van der Waals surface area (Å²) in [6.07, 6.45) is 4.00. The summed E-state index contributed by atoms with van der Waals surface area (Å²) < 4.78 is 10.6. The maximum Gasteiger partial charge on any atom is 0.119 e. The van der Waals surface area contributed by atoms with Crippen molar-refractivity contribution < 1.29 is 9.47 Å². The number of benzene rings is 2. The molecule has 0 amide bonds. The van der Waals surface area contributed by atoms with Gasteiger partial charge in [-0.25, -0.2) is 0 Å². The highest BCUT2D eigenvalue weighted by Crippen LogP contribution is 2.34. The smallest absolute Gasteiger partial charge is 0.119 e. The Balaban J connectivity index is 2.07. The van der Waals surface area contributed by atoms with Gasteiger partial charge in [-0.2, -0.15) is 0 Å². The Morgan fingerprint density at radius 2 is 1.68 bits per heavy atom. The largest absolute Gasteiger partial charge is 0.497 e. The van der Waals surface area contributed by atoms with E-state index in [9.17, 15) is 0 Å². The summed E-state index contributed by atoms with van der Waals surface area (Å²) >= 11 is 0. The highest BCUT2D eigenvalue weighted by atomic mass is 16.5. The molecule has 1 heterocycles. The van der Waals surface area contributed by atoms with Gasteiger partial charge in [-0.05, 0) is 41.5 Å². The molecule has 3 heteroatoms. The van der Waals surface area contributed by atoms with Crippen molar-refractivity contribution in [1.29, 1.82) is 0 Å². The van der Waals surface area contributed by atoms with E-state index in [1.165, 1.54) is 11.1 Å². The van der Waals surface area contributed by atoms with Crippen molar-refractivity contribution in [3.05, 3.63) is 72.4 Å². The number of hydrogen-bond acceptors (Lipinski definition) is 2. The molecule has 0 saturated carbocycles. The SMILES string of the molecule is C=CC(c1ccc(OC)cc1)c1c[nH]c2ccc(OC)cc12.